The molecule has 0 unspecified atom stereocenters. The Balaban J connectivity index is 1.76. The quantitative estimate of drug-likeness (QED) is 0.517. The minimum atomic E-state index is -1.38. The van der Waals surface area contributed by atoms with Crippen LogP contribution in [0.15, 0.2) is 41.4 Å². The number of rotatable bonds is 4. The maximum absolute atomic E-state index is 13.4. The van der Waals surface area contributed by atoms with E-state index in [1.165, 1.54) is 5.56 Å². The van der Waals surface area contributed by atoms with E-state index in [9.17, 15) is 9.90 Å². The Hall–Kier alpha value is -3.12. The van der Waals surface area contributed by atoms with Gasteiger partial charge in [-0.3, -0.25) is 4.79 Å². The molecule has 2 aromatic heterocycles. The van der Waals surface area contributed by atoms with Crippen LogP contribution in [0, 0.1) is 0 Å². The molecule has 0 spiro atoms. The molecule has 0 radical (unpaired) electrons. The first-order chi connectivity index (χ1) is 15.3. The molecule has 0 saturated carbocycles. The van der Waals surface area contributed by atoms with Gasteiger partial charge in [-0.15, -0.1) is 0 Å². The number of pyridine rings is 2. The Morgan fingerprint density at radius 3 is 2.75 bits per heavy atom. The topological polar surface area (TPSA) is 73.6 Å². The first-order valence-corrected chi connectivity index (χ1v) is 11.2. The second-order valence-electron chi connectivity index (χ2n) is 8.86. The number of aliphatic hydroxyl groups is 1. The molecule has 0 bridgehead atoms. The number of hydrogen-bond acceptors (Lipinski definition) is 5. The lowest BCUT2D eigenvalue weighted by Crippen LogP contribution is -2.38. The Kier molecular flexibility index (Phi) is 4.67. The van der Waals surface area contributed by atoms with Crippen molar-refractivity contribution < 1.29 is 14.6 Å². The third-order valence-corrected chi connectivity index (χ3v) is 6.67. The smallest absolute Gasteiger partial charge is 0.258 e. The van der Waals surface area contributed by atoms with Crippen molar-refractivity contribution in [1.29, 1.82) is 0 Å². The van der Waals surface area contributed by atoms with E-state index in [1.54, 1.807) is 4.57 Å². The van der Waals surface area contributed by atoms with Crippen molar-refractivity contribution in [3.63, 3.8) is 0 Å². The van der Waals surface area contributed by atoms with Crippen LogP contribution in [0.2, 0.25) is 0 Å². The molecule has 2 aliphatic rings. The van der Waals surface area contributed by atoms with Gasteiger partial charge in [0.15, 0.2) is 0 Å². The van der Waals surface area contributed by atoms with Crippen LogP contribution in [0.1, 0.15) is 56.4 Å². The molecule has 6 heteroatoms. The average molecular weight is 433 g/mol. The van der Waals surface area contributed by atoms with Crippen molar-refractivity contribution in [3.8, 4) is 17.1 Å². The Labute approximate surface area is 187 Å². The van der Waals surface area contributed by atoms with Crippen LogP contribution < -0.4 is 10.3 Å². The zero-order valence-electron chi connectivity index (χ0n) is 19.0. The summed E-state index contributed by atoms with van der Waals surface area (Å²) in [7, 11) is 0. The Morgan fingerprint density at radius 2 is 2.06 bits per heavy atom. The van der Waals surface area contributed by atoms with Crippen molar-refractivity contribution in [3.05, 3.63) is 69.2 Å². The maximum atomic E-state index is 13.4. The maximum Gasteiger partial charge on any atom is 0.258 e. The minimum absolute atomic E-state index is 0.0864. The van der Waals surface area contributed by atoms with E-state index < -0.39 is 5.60 Å². The van der Waals surface area contributed by atoms with Gasteiger partial charge in [0, 0.05) is 16.5 Å². The van der Waals surface area contributed by atoms with Gasteiger partial charge in [0.05, 0.1) is 35.1 Å². The summed E-state index contributed by atoms with van der Waals surface area (Å²) in [4.78, 5) is 18.4. The molecule has 0 amide bonds. The fourth-order valence-electron chi connectivity index (χ4n) is 5.00. The second-order valence-corrected chi connectivity index (χ2v) is 8.86. The van der Waals surface area contributed by atoms with Gasteiger partial charge in [0.1, 0.15) is 23.7 Å². The molecule has 5 rings (SSSR count). The molecule has 2 aliphatic heterocycles. The number of fused-ring (bicyclic) bond motifs is 5. The van der Waals surface area contributed by atoms with Crippen molar-refractivity contribution in [2.24, 2.45) is 0 Å². The first kappa shape index (κ1) is 20.8. The molecule has 32 heavy (non-hydrogen) atoms. The lowest BCUT2D eigenvalue weighted by molar-refractivity contribution is -0.0172. The van der Waals surface area contributed by atoms with E-state index in [0.717, 1.165) is 40.0 Å². The third kappa shape index (κ3) is 2.82. The summed E-state index contributed by atoms with van der Waals surface area (Å²) < 4.78 is 13.3. The first-order valence-electron chi connectivity index (χ1n) is 11.2. The molecule has 166 valence electrons. The van der Waals surface area contributed by atoms with Gasteiger partial charge in [-0.25, -0.2) is 4.98 Å². The van der Waals surface area contributed by atoms with Crippen LogP contribution >= 0.6 is 0 Å². The lowest BCUT2D eigenvalue weighted by atomic mass is 9.84. The molecule has 1 aromatic carbocycles. The Morgan fingerprint density at radius 1 is 1.28 bits per heavy atom. The summed E-state index contributed by atoms with van der Waals surface area (Å²) >= 11 is 0. The highest BCUT2D eigenvalue weighted by atomic mass is 16.5. The molecule has 3 aromatic rings. The van der Waals surface area contributed by atoms with Gasteiger partial charge >= 0.3 is 0 Å². The van der Waals surface area contributed by atoms with E-state index in [0.29, 0.717) is 24.1 Å². The van der Waals surface area contributed by atoms with Crippen molar-refractivity contribution in [2.75, 3.05) is 0 Å². The van der Waals surface area contributed by atoms with Crippen LogP contribution in [-0.4, -0.2) is 20.8 Å². The van der Waals surface area contributed by atoms with Crippen LogP contribution in [-0.2, 0) is 29.9 Å². The molecular weight excluding hydrogens is 404 g/mol. The van der Waals surface area contributed by atoms with E-state index in [2.05, 4.69) is 13.5 Å². The number of aryl methyl sites for hydroxylation is 1. The number of aromatic nitrogens is 2. The number of benzene rings is 1. The lowest BCUT2D eigenvalue weighted by Gasteiger charge is -2.35. The standard InChI is InChI=1S/C26H28N2O4/c1-6-17-18-10-16(32-14(3)4)8-9-22(18)27-24-19(17)12-28-23(24)11-21-20(25(28)29)13-31-15(5)26(21,30)7-2/h8-11,14,30H,5-7,12-13H2,1-4H3/t26-/m1/s1. The van der Waals surface area contributed by atoms with Gasteiger partial charge < -0.3 is 19.1 Å². The van der Waals surface area contributed by atoms with Gasteiger partial charge in [0.2, 0.25) is 0 Å². The SMILES string of the molecule is C=C1OCc2c(cc3n(c2=O)Cc2c-3nc3ccc(OC(C)C)cc3c2CC)[C@@]1(O)CC. The second kappa shape index (κ2) is 7.20. The fourth-order valence-corrected chi connectivity index (χ4v) is 5.00. The molecule has 0 saturated heterocycles. The summed E-state index contributed by atoms with van der Waals surface area (Å²) in [6.07, 6.45) is 1.27. The summed E-state index contributed by atoms with van der Waals surface area (Å²) in [6.45, 7) is 12.5. The highest BCUT2D eigenvalue weighted by Crippen LogP contribution is 2.43. The van der Waals surface area contributed by atoms with E-state index in [-0.39, 0.29) is 24.0 Å². The summed E-state index contributed by atoms with van der Waals surface area (Å²) in [5, 5.41) is 12.3. The molecule has 1 N–H and O–H groups in total. The monoisotopic (exact) mass is 432 g/mol. The van der Waals surface area contributed by atoms with Crippen LogP contribution in [0.25, 0.3) is 22.3 Å². The average Bonchev–Trinajstić information content (AvgIpc) is 3.13. The van der Waals surface area contributed by atoms with E-state index in [4.69, 9.17) is 14.5 Å². The minimum Gasteiger partial charge on any atom is -0.491 e. The van der Waals surface area contributed by atoms with E-state index in [1.807, 2.05) is 45.0 Å². The van der Waals surface area contributed by atoms with Gasteiger partial charge in [-0.05, 0) is 56.5 Å². The zero-order valence-corrected chi connectivity index (χ0v) is 19.0. The van der Waals surface area contributed by atoms with Crippen molar-refractivity contribution >= 4 is 10.9 Å². The highest BCUT2D eigenvalue weighted by Gasteiger charge is 2.41. The Bertz CT molecular complexity index is 1340. The van der Waals surface area contributed by atoms with Crippen molar-refractivity contribution in [2.45, 2.75) is 65.4 Å². The van der Waals surface area contributed by atoms with Crippen LogP contribution in [0.5, 0.6) is 5.75 Å². The molecule has 1 atom stereocenters. The normalized spacial score (nSPS) is 19.0. The largest absolute Gasteiger partial charge is 0.491 e. The molecule has 4 heterocycles. The summed E-state index contributed by atoms with van der Waals surface area (Å²) in [5.41, 5.74) is 4.21. The molecule has 0 aliphatic carbocycles. The third-order valence-electron chi connectivity index (χ3n) is 6.67. The summed E-state index contributed by atoms with van der Waals surface area (Å²) in [6, 6.07) is 7.87. The predicted octanol–water partition coefficient (Wildman–Crippen LogP) is 4.42. The number of ether oxygens (including phenoxy) is 2. The zero-order chi connectivity index (χ0) is 22.8. The number of nitrogens with zero attached hydrogens (tertiary/aromatic N) is 2. The van der Waals surface area contributed by atoms with Crippen molar-refractivity contribution in [1.82, 2.24) is 9.55 Å². The molecular formula is C26H28N2O4. The molecule has 0 fully saturated rings. The predicted molar refractivity (Wildman–Crippen MR) is 124 cm³/mol. The summed E-state index contributed by atoms with van der Waals surface area (Å²) in [5.74, 6) is 1.10. The number of hydrogen-bond donors (Lipinski definition) is 1. The highest BCUT2D eigenvalue weighted by molar-refractivity contribution is 5.89. The van der Waals surface area contributed by atoms with E-state index >= 15 is 0 Å². The fraction of sp³-hybridized carbons (Fsp3) is 0.385. The van der Waals surface area contributed by atoms with Gasteiger partial charge in [0.25, 0.3) is 5.56 Å². The van der Waals surface area contributed by atoms with Crippen LogP contribution in [0.3, 0.4) is 0 Å². The molecule has 6 nitrogen and oxygen atoms in total. The van der Waals surface area contributed by atoms with Crippen LogP contribution in [0.4, 0.5) is 0 Å². The van der Waals surface area contributed by atoms with Gasteiger partial charge in [-0.2, -0.15) is 0 Å². The van der Waals surface area contributed by atoms with Gasteiger partial charge in [-0.1, -0.05) is 20.4 Å².